The van der Waals surface area contributed by atoms with E-state index in [-0.39, 0.29) is 42.4 Å². The van der Waals surface area contributed by atoms with Crippen LogP contribution in [0.3, 0.4) is 0 Å². The van der Waals surface area contributed by atoms with Crippen LogP contribution in [0.4, 0.5) is 9.59 Å². The van der Waals surface area contributed by atoms with E-state index in [1.165, 1.54) is 28.5 Å². The van der Waals surface area contributed by atoms with Crippen LogP contribution in [0.2, 0.25) is 0 Å². The Hall–Kier alpha value is -1.57. The molecule has 1 N–H and O–H groups in total. The molecule has 3 unspecified atom stereocenters. The number of ketones is 1. The lowest BCUT2D eigenvalue weighted by Gasteiger charge is -2.24. The monoisotopic (exact) mass is 737 g/mol. The number of thioether (sulfide) groups is 1. The van der Waals surface area contributed by atoms with E-state index < -0.39 is 36.0 Å². The molecule has 0 saturated heterocycles. The van der Waals surface area contributed by atoms with Crippen molar-refractivity contribution in [2.45, 2.75) is 97.3 Å². The molecule has 0 radical (unpaired) electrons. The average molecular weight is 739 g/mol. The number of carbonyl (C=O) groups excluding carboxylic acids is 4. The van der Waals surface area contributed by atoms with E-state index in [2.05, 4.69) is 35.1 Å². The zero-order valence-corrected chi connectivity index (χ0v) is 31.1. The Bertz CT molecular complexity index is 1040. The van der Waals surface area contributed by atoms with Gasteiger partial charge in [-0.2, -0.15) is 11.8 Å². The number of rotatable bonds is 19. The van der Waals surface area contributed by atoms with Gasteiger partial charge in [-0.1, -0.05) is 63.5 Å². The number of carbonyl (C=O) groups is 4. The molecule has 0 aliphatic carbocycles. The summed E-state index contributed by atoms with van der Waals surface area (Å²) in [6.07, 6.45) is 1.11. The van der Waals surface area contributed by atoms with Gasteiger partial charge in [-0.25, -0.2) is 9.59 Å². The van der Waals surface area contributed by atoms with E-state index in [1.807, 2.05) is 51.3 Å². The van der Waals surface area contributed by atoms with Crippen molar-refractivity contribution in [3.8, 4) is 0 Å². The molecule has 0 heterocycles. The molecule has 0 bridgehead atoms. The molecule has 13 heteroatoms. The van der Waals surface area contributed by atoms with Gasteiger partial charge in [0, 0.05) is 29.6 Å². The number of amides is 1. The molecule has 0 spiro atoms. The highest BCUT2D eigenvalue weighted by Crippen LogP contribution is 2.34. The SMILES string of the molecule is CCOC(=O)OC(C)OC(=O)C(CC(=O)C(CC(C)C)SSC[C@H](CCSC)NC(=O)OC(C)(C)C)Cc1ccc(Br)cc1. The quantitative estimate of drug-likeness (QED) is 0.0643. The van der Waals surface area contributed by atoms with Gasteiger partial charge in [0.2, 0.25) is 6.29 Å². The Morgan fingerprint density at radius 3 is 2.25 bits per heavy atom. The van der Waals surface area contributed by atoms with Crippen molar-refractivity contribution >= 4 is 73.3 Å². The van der Waals surface area contributed by atoms with Gasteiger partial charge in [-0.15, -0.1) is 0 Å². The third-order valence-corrected chi connectivity index (χ3v) is 9.92. The Balaban J connectivity index is 3.00. The fourth-order valence-electron chi connectivity index (χ4n) is 3.88. The smallest absolute Gasteiger partial charge is 0.444 e. The molecule has 0 aliphatic heterocycles. The maximum atomic E-state index is 13.7. The number of nitrogens with one attached hydrogen (secondary N) is 1. The first kappa shape index (κ1) is 40.5. The van der Waals surface area contributed by atoms with Crippen LogP contribution in [0.25, 0.3) is 0 Å². The van der Waals surface area contributed by atoms with E-state index in [4.69, 9.17) is 18.9 Å². The number of esters is 1. The minimum Gasteiger partial charge on any atom is -0.444 e. The second-order valence-corrected chi connectivity index (χ2v) is 16.1. The third-order valence-electron chi connectivity index (χ3n) is 5.87. The Morgan fingerprint density at radius 1 is 1.02 bits per heavy atom. The van der Waals surface area contributed by atoms with E-state index in [9.17, 15) is 19.2 Å². The van der Waals surface area contributed by atoms with Gasteiger partial charge >= 0.3 is 18.2 Å². The van der Waals surface area contributed by atoms with Crippen LogP contribution in [0.1, 0.15) is 73.3 Å². The standard InChI is InChI=1S/C31H48BrNO8S3/c1-9-38-30(37)40-21(4)39-28(35)23(17-22-10-12-24(32)13-11-22)18-26(34)27(16-20(2)3)44-43-19-25(14-15-42-8)33-29(36)41-31(5,6)7/h10-13,20-21,23,25,27H,9,14-19H2,1-8H3,(H,33,36)/t21?,23?,25-,27?/m0/s1. The topological polar surface area (TPSA) is 117 Å². The maximum Gasteiger partial charge on any atom is 0.511 e. The first-order valence-electron chi connectivity index (χ1n) is 14.7. The van der Waals surface area contributed by atoms with Gasteiger partial charge in [-0.3, -0.25) is 9.59 Å². The van der Waals surface area contributed by atoms with Crippen LogP contribution in [0, 0.1) is 11.8 Å². The molecule has 1 aromatic rings. The van der Waals surface area contributed by atoms with E-state index in [0.717, 1.165) is 22.2 Å². The molecule has 1 rings (SSSR count). The van der Waals surface area contributed by atoms with Crippen LogP contribution in [-0.2, 0) is 35.0 Å². The zero-order valence-electron chi connectivity index (χ0n) is 27.0. The third kappa shape index (κ3) is 18.4. The number of hydrogen-bond acceptors (Lipinski definition) is 11. The van der Waals surface area contributed by atoms with Crippen molar-refractivity contribution in [3.63, 3.8) is 0 Å². The second-order valence-electron chi connectivity index (χ2n) is 11.6. The molecule has 0 saturated carbocycles. The van der Waals surface area contributed by atoms with Crippen LogP contribution < -0.4 is 5.32 Å². The summed E-state index contributed by atoms with van der Waals surface area (Å²) in [7, 11) is 3.01. The van der Waals surface area contributed by atoms with E-state index in [1.54, 1.807) is 18.7 Å². The van der Waals surface area contributed by atoms with Crippen molar-refractivity contribution in [1.29, 1.82) is 0 Å². The second kappa shape index (κ2) is 21.3. The first-order valence-corrected chi connectivity index (χ1v) is 19.3. The Kier molecular flexibility index (Phi) is 19.6. The highest BCUT2D eigenvalue weighted by atomic mass is 79.9. The van der Waals surface area contributed by atoms with Crippen molar-refractivity contribution in [2.24, 2.45) is 11.8 Å². The molecule has 9 nitrogen and oxygen atoms in total. The maximum absolute atomic E-state index is 13.7. The summed E-state index contributed by atoms with van der Waals surface area (Å²) in [6.45, 7) is 12.8. The van der Waals surface area contributed by atoms with Gasteiger partial charge in [-0.05, 0) is 82.6 Å². The molecule has 0 aromatic heterocycles. The minimum absolute atomic E-state index is 0.0297. The average Bonchev–Trinajstić information content (AvgIpc) is 2.90. The van der Waals surface area contributed by atoms with Crippen LogP contribution >= 0.6 is 49.3 Å². The predicted octanol–water partition coefficient (Wildman–Crippen LogP) is 8.07. The van der Waals surface area contributed by atoms with Gasteiger partial charge in [0.25, 0.3) is 0 Å². The number of hydrogen-bond donors (Lipinski definition) is 1. The number of alkyl carbamates (subject to hydrolysis) is 1. The lowest BCUT2D eigenvalue weighted by Crippen LogP contribution is -2.40. The van der Waals surface area contributed by atoms with E-state index in [0.29, 0.717) is 12.2 Å². The highest BCUT2D eigenvalue weighted by molar-refractivity contribution is 9.10. The van der Waals surface area contributed by atoms with Crippen LogP contribution in [0.5, 0.6) is 0 Å². The lowest BCUT2D eigenvalue weighted by atomic mass is 9.92. The summed E-state index contributed by atoms with van der Waals surface area (Å²) in [4.78, 5) is 51.1. The molecule has 0 aliphatic rings. The molecule has 44 heavy (non-hydrogen) atoms. The highest BCUT2D eigenvalue weighted by Gasteiger charge is 2.31. The van der Waals surface area contributed by atoms with Gasteiger partial charge < -0.3 is 24.3 Å². The molecular formula is C31H48BrNO8S3. The van der Waals surface area contributed by atoms with E-state index >= 15 is 0 Å². The largest absolute Gasteiger partial charge is 0.511 e. The molecule has 0 fully saturated rings. The fourth-order valence-corrected chi connectivity index (χ4v) is 7.76. The number of Topliss-reactive ketones (excluding diaryl/α,β-unsaturated/α-hetero) is 1. The Labute approximate surface area is 283 Å². The summed E-state index contributed by atoms with van der Waals surface area (Å²) >= 11 is 5.12. The number of halogens is 1. The van der Waals surface area contributed by atoms with Gasteiger partial charge in [0.05, 0.1) is 17.8 Å². The first-order chi connectivity index (χ1) is 20.6. The van der Waals surface area contributed by atoms with Crippen LogP contribution in [0.15, 0.2) is 28.7 Å². The number of benzene rings is 1. The summed E-state index contributed by atoms with van der Waals surface area (Å²) in [5, 5.41) is 2.60. The fraction of sp³-hybridized carbons (Fsp3) is 0.677. The summed E-state index contributed by atoms with van der Waals surface area (Å²) < 4.78 is 21.5. The molecule has 1 aromatic carbocycles. The van der Waals surface area contributed by atoms with Crippen molar-refractivity contribution in [1.82, 2.24) is 5.32 Å². The van der Waals surface area contributed by atoms with Gasteiger partial charge in [0.15, 0.2) is 0 Å². The number of ether oxygens (including phenoxy) is 4. The van der Waals surface area contributed by atoms with Crippen LogP contribution in [-0.4, -0.2) is 71.6 Å². The zero-order chi connectivity index (χ0) is 33.3. The molecule has 1 amide bonds. The molecule has 250 valence electrons. The minimum atomic E-state index is -1.17. The van der Waals surface area contributed by atoms with Crippen molar-refractivity contribution in [3.05, 3.63) is 34.3 Å². The van der Waals surface area contributed by atoms with Crippen molar-refractivity contribution in [2.75, 3.05) is 24.4 Å². The summed E-state index contributed by atoms with van der Waals surface area (Å²) in [5.74, 6) is 0.254. The predicted molar refractivity (Wildman–Crippen MR) is 184 cm³/mol. The normalized spacial score (nSPS) is 14.2. The molecule has 4 atom stereocenters. The summed E-state index contributed by atoms with van der Waals surface area (Å²) in [6, 6.07) is 7.40. The van der Waals surface area contributed by atoms with Gasteiger partial charge in [0.1, 0.15) is 11.4 Å². The summed E-state index contributed by atoms with van der Waals surface area (Å²) in [5.41, 5.74) is 0.274. The molecular weight excluding hydrogens is 690 g/mol. The van der Waals surface area contributed by atoms with Crippen molar-refractivity contribution < 1.29 is 38.1 Å². The Morgan fingerprint density at radius 2 is 1.68 bits per heavy atom. The lowest BCUT2D eigenvalue weighted by molar-refractivity contribution is -0.173.